The fraction of sp³-hybridized carbons (Fsp3) is 0.263. The maximum absolute atomic E-state index is 12.2. The van der Waals surface area contributed by atoms with E-state index < -0.39 is 34.1 Å². The molecule has 0 atom stereocenters. The highest BCUT2D eigenvalue weighted by atomic mass is 32.2. The first kappa shape index (κ1) is 21.2. The van der Waals surface area contributed by atoms with Crippen LogP contribution >= 0.6 is 0 Å². The van der Waals surface area contributed by atoms with Crippen LogP contribution in [0.5, 0.6) is 11.5 Å². The van der Waals surface area contributed by atoms with Crippen molar-refractivity contribution in [1.82, 2.24) is 0 Å². The fourth-order valence-corrected chi connectivity index (χ4v) is 3.55. The lowest BCUT2D eigenvalue weighted by atomic mass is 10.2. The lowest BCUT2D eigenvalue weighted by Gasteiger charge is -2.09. The van der Waals surface area contributed by atoms with Crippen LogP contribution in [-0.4, -0.2) is 49.5 Å². The molecule has 2 aromatic rings. The van der Waals surface area contributed by atoms with Crippen molar-refractivity contribution >= 4 is 21.8 Å². The van der Waals surface area contributed by atoms with Gasteiger partial charge in [0.2, 0.25) is 0 Å². The van der Waals surface area contributed by atoms with E-state index in [1.165, 1.54) is 18.2 Å². The number of aryl methyl sites for hydroxylation is 1. The van der Waals surface area contributed by atoms with Gasteiger partial charge in [-0.25, -0.2) is 18.0 Å². The Hall–Kier alpha value is -3.07. The summed E-state index contributed by atoms with van der Waals surface area (Å²) >= 11 is 0. The lowest BCUT2D eigenvalue weighted by molar-refractivity contribution is -0.146. The van der Waals surface area contributed by atoms with Gasteiger partial charge >= 0.3 is 11.9 Å². The van der Waals surface area contributed by atoms with Gasteiger partial charge in [0, 0.05) is 6.07 Å². The Morgan fingerprint density at radius 3 is 2.36 bits per heavy atom. The van der Waals surface area contributed by atoms with Crippen LogP contribution in [-0.2, 0) is 19.4 Å². The van der Waals surface area contributed by atoms with Crippen LogP contribution in [0.1, 0.15) is 22.3 Å². The zero-order valence-corrected chi connectivity index (χ0v) is 15.9. The van der Waals surface area contributed by atoms with Gasteiger partial charge in [0.25, 0.3) is 0 Å². The summed E-state index contributed by atoms with van der Waals surface area (Å²) in [5.74, 6) is -2.55. The number of hydrogen-bond acceptors (Lipinski definition) is 7. The van der Waals surface area contributed by atoms with Gasteiger partial charge in [0.1, 0.15) is 17.1 Å². The molecule has 0 saturated heterocycles. The lowest BCUT2D eigenvalue weighted by Crippen LogP contribution is -2.17. The molecular weight excluding hydrogens is 388 g/mol. The van der Waals surface area contributed by atoms with Crippen molar-refractivity contribution in [3.05, 3.63) is 53.6 Å². The van der Waals surface area contributed by atoms with Crippen molar-refractivity contribution < 1.29 is 37.7 Å². The smallest absolute Gasteiger partial charge is 0.344 e. The minimum Gasteiger partial charge on any atom is -0.507 e. The molecule has 28 heavy (non-hydrogen) atoms. The Kier molecular flexibility index (Phi) is 7.00. The van der Waals surface area contributed by atoms with Crippen LogP contribution < -0.4 is 4.74 Å². The van der Waals surface area contributed by atoms with Crippen LogP contribution in [0.25, 0.3) is 0 Å². The second-order valence-corrected chi connectivity index (χ2v) is 8.09. The molecule has 8 nitrogen and oxygen atoms in total. The van der Waals surface area contributed by atoms with Crippen molar-refractivity contribution in [3.63, 3.8) is 0 Å². The number of carboxylic acid groups (broad SMARTS) is 1. The quantitative estimate of drug-likeness (QED) is 0.477. The van der Waals surface area contributed by atoms with Crippen molar-refractivity contribution in [3.8, 4) is 11.5 Å². The Labute approximate surface area is 162 Å². The molecule has 150 valence electrons. The molecule has 0 aliphatic rings. The topological polar surface area (TPSA) is 127 Å². The first-order chi connectivity index (χ1) is 13.2. The summed E-state index contributed by atoms with van der Waals surface area (Å²) in [4.78, 5) is 22.7. The predicted octanol–water partition coefficient (Wildman–Crippen LogP) is 2.18. The highest BCUT2D eigenvalue weighted by Gasteiger charge is 2.15. The van der Waals surface area contributed by atoms with Crippen LogP contribution in [0.15, 0.2) is 47.4 Å². The Balaban J connectivity index is 1.75. The van der Waals surface area contributed by atoms with Gasteiger partial charge in [-0.3, -0.25) is 0 Å². The summed E-state index contributed by atoms with van der Waals surface area (Å²) in [5, 5.41) is 18.4. The molecule has 0 spiro atoms. The number of ether oxygens (including phenoxy) is 2. The second kappa shape index (κ2) is 9.23. The number of carbonyl (C=O) groups is 2. The zero-order valence-electron chi connectivity index (χ0n) is 15.1. The van der Waals surface area contributed by atoms with E-state index >= 15 is 0 Å². The molecule has 0 amide bonds. The van der Waals surface area contributed by atoms with Crippen LogP contribution in [0.4, 0.5) is 0 Å². The molecule has 0 aromatic heterocycles. The SMILES string of the molecule is Cc1ccc(S(=O)(=O)CCCOC(=O)COc2ccc(C(=O)O)c(O)c2)cc1. The molecule has 9 heteroatoms. The van der Waals surface area contributed by atoms with E-state index in [0.717, 1.165) is 17.7 Å². The third-order valence-electron chi connectivity index (χ3n) is 3.76. The highest BCUT2D eigenvalue weighted by Crippen LogP contribution is 2.23. The predicted molar refractivity (Wildman–Crippen MR) is 99.4 cm³/mol. The number of phenols is 1. The van der Waals surface area contributed by atoms with E-state index in [1.54, 1.807) is 12.1 Å². The number of carbonyl (C=O) groups excluding carboxylic acids is 1. The molecule has 0 aliphatic heterocycles. The molecule has 0 radical (unpaired) electrons. The highest BCUT2D eigenvalue weighted by molar-refractivity contribution is 7.91. The normalized spacial score (nSPS) is 11.0. The summed E-state index contributed by atoms with van der Waals surface area (Å²) < 4.78 is 34.4. The summed E-state index contributed by atoms with van der Waals surface area (Å²) in [6.45, 7) is 1.31. The average Bonchev–Trinajstić information content (AvgIpc) is 2.63. The molecule has 0 saturated carbocycles. The molecule has 2 N–H and O–H groups in total. The molecule has 0 bridgehead atoms. The maximum Gasteiger partial charge on any atom is 0.344 e. The molecule has 2 rings (SSSR count). The molecular formula is C19H20O8S. The molecule has 0 aliphatic carbocycles. The van der Waals surface area contributed by atoms with E-state index in [1.807, 2.05) is 6.92 Å². The number of rotatable bonds is 9. The molecule has 0 unspecified atom stereocenters. The van der Waals surface area contributed by atoms with Crippen LogP contribution in [0, 0.1) is 6.92 Å². The van der Waals surface area contributed by atoms with E-state index in [0.29, 0.717) is 0 Å². The van der Waals surface area contributed by atoms with E-state index in [2.05, 4.69) is 0 Å². The summed E-state index contributed by atoms with van der Waals surface area (Å²) in [5.41, 5.74) is 0.670. The average molecular weight is 408 g/mol. The van der Waals surface area contributed by atoms with Crippen molar-refractivity contribution in [1.29, 1.82) is 0 Å². The van der Waals surface area contributed by atoms with Gasteiger partial charge < -0.3 is 19.7 Å². The third kappa shape index (κ3) is 5.98. The number of aromatic hydroxyl groups is 1. The third-order valence-corrected chi connectivity index (χ3v) is 5.57. The monoisotopic (exact) mass is 408 g/mol. The number of esters is 1. The number of sulfone groups is 1. The minimum absolute atomic E-state index is 0.0868. The summed E-state index contributed by atoms with van der Waals surface area (Å²) in [7, 11) is -3.44. The van der Waals surface area contributed by atoms with Crippen LogP contribution in [0.3, 0.4) is 0 Å². The first-order valence-electron chi connectivity index (χ1n) is 8.33. The molecule has 0 heterocycles. The van der Waals surface area contributed by atoms with Crippen molar-refractivity contribution in [2.75, 3.05) is 19.0 Å². The van der Waals surface area contributed by atoms with Gasteiger partial charge in [-0.05, 0) is 37.6 Å². The summed E-state index contributed by atoms with van der Waals surface area (Å²) in [6, 6.07) is 10.0. The molecule has 2 aromatic carbocycles. The van der Waals surface area contributed by atoms with Crippen molar-refractivity contribution in [2.24, 2.45) is 0 Å². The Bertz CT molecular complexity index is 948. The zero-order chi connectivity index (χ0) is 20.7. The number of aromatic carboxylic acids is 1. The van der Waals surface area contributed by atoms with Gasteiger partial charge in [0.15, 0.2) is 16.4 Å². The molecule has 0 fully saturated rings. The fourth-order valence-electron chi connectivity index (χ4n) is 2.26. The standard InChI is InChI=1S/C19H20O8S/c1-13-3-6-15(7-4-13)28(24,25)10-2-9-26-18(21)12-27-14-5-8-16(19(22)23)17(20)11-14/h3-8,11,20H,2,9-10,12H2,1H3,(H,22,23). The van der Waals surface area contributed by atoms with Gasteiger partial charge in [-0.2, -0.15) is 0 Å². The maximum atomic E-state index is 12.2. The van der Waals surface area contributed by atoms with Gasteiger partial charge in [-0.1, -0.05) is 17.7 Å². The summed E-state index contributed by atoms with van der Waals surface area (Å²) in [6.07, 6.45) is 0.135. The van der Waals surface area contributed by atoms with E-state index in [-0.39, 0.29) is 35.0 Å². The number of carboxylic acids is 1. The first-order valence-corrected chi connectivity index (χ1v) is 9.98. The minimum atomic E-state index is -3.44. The Morgan fingerprint density at radius 2 is 1.75 bits per heavy atom. The van der Waals surface area contributed by atoms with Crippen molar-refractivity contribution in [2.45, 2.75) is 18.2 Å². The van der Waals surface area contributed by atoms with Crippen LogP contribution in [0.2, 0.25) is 0 Å². The van der Waals surface area contributed by atoms with Gasteiger partial charge in [0.05, 0.1) is 17.3 Å². The van der Waals surface area contributed by atoms with E-state index in [4.69, 9.17) is 14.6 Å². The number of benzene rings is 2. The largest absolute Gasteiger partial charge is 0.507 e. The van der Waals surface area contributed by atoms with Gasteiger partial charge in [-0.15, -0.1) is 0 Å². The number of hydrogen-bond donors (Lipinski definition) is 2. The second-order valence-electron chi connectivity index (χ2n) is 5.98. The van der Waals surface area contributed by atoms with E-state index in [9.17, 15) is 23.1 Å². The Morgan fingerprint density at radius 1 is 1.07 bits per heavy atom.